The highest BCUT2D eigenvalue weighted by Crippen LogP contribution is 2.23. The lowest BCUT2D eigenvalue weighted by molar-refractivity contribution is 0.0950. The highest BCUT2D eigenvalue weighted by atomic mass is 32.2. The molecule has 138 valence electrons. The number of aromatic nitrogens is 1. The summed E-state index contributed by atoms with van der Waals surface area (Å²) in [5.41, 5.74) is 1.19. The Bertz CT molecular complexity index is 843. The molecule has 6 nitrogen and oxygen atoms in total. The molecule has 1 N–H and O–H groups in total. The van der Waals surface area contributed by atoms with Gasteiger partial charge in [0, 0.05) is 24.8 Å². The van der Waals surface area contributed by atoms with Crippen LogP contribution in [0.4, 0.5) is 0 Å². The molecule has 0 saturated carbocycles. The van der Waals surface area contributed by atoms with Crippen LogP contribution in [0.15, 0.2) is 53.6 Å². The van der Waals surface area contributed by atoms with Crippen LogP contribution >= 0.6 is 0 Å². The van der Waals surface area contributed by atoms with Gasteiger partial charge in [0.25, 0.3) is 5.91 Å². The molecule has 1 fully saturated rings. The zero-order valence-corrected chi connectivity index (χ0v) is 15.6. The first kappa shape index (κ1) is 18.5. The van der Waals surface area contributed by atoms with Gasteiger partial charge in [-0.1, -0.05) is 13.0 Å². The minimum Gasteiger partial charge on any atom is -0.346 e. The standard InChI is InChI=1S/C19H23N3O3S/c1-15-9-12-22(13-10-15)26(24,25)18-7-5-16(6-8-18)19(23)21-14-17-4-2-3-11-20-17/h2-8,11,15H,9-10,12-14H2,1H3,(H,21,23). The van der Waals surface area contributed by atoms with E-state index in [9.17, 15) is 13.2 Å². The van der Waals surface area contributed by atoms with Crippen molar-refractivity contribution in [3.05, 3.63) is 59.9 Å². The first-order valence-electron chi connectivity index (χ1n) is 8.75. The lowest BCUT2D eigenvalue weighted by Gasteiger charge is -2.29. The monoisotopic (exact) mass is 373 g/mol. The topological polar surface area (TPSA) is 79.4 Å². The van der Waals surface area contributed by atoms with E-state index in [0.717, 1.165) is 18.5 Å². The van der Waals surface area contributed by atoms with Crippen LogP contribution < -0.4 is 5.32 Å². The summed E-state index contributed by atoms with van der Waals surface area (Å²) in [4.78, 5) is 16.6. The summed E-state index contributed by atoms with van der Waals surface area (Å²) in [5.74, 6) is 0.304. The van der Waals surface area contributed by atoms with E-state index >= 15 is 0 Å². The number of hydrogen-bond acceptors (Lipinski definition) is 4. The molecule has 0 bridgehead atoms. The molecule has 0 unspecified atom stereocenters. The largest absolute Gasteiger partial charge is 0.346 e. The molecule has 1 amide bonds. The van der Waals surface area contributed by atoms with Crippen LogP contribution in [0.25, 0.3) is 0 Å². The number of piperidine rings is 1. The van der Waals surface area contributed by atoms with Gasteiger partial charge in [0.05, 0.1) is 17.1 Å². The number of pyridine rings is 1. The normalized spacial score (nSPS) is 16.3. The van der Waals surface area contributed by atoms with Crippen LogP contribution in [0.2, 0.25) is 0 Å². The first-order valence-corrected chi connectivity index (χ1v) is 10.2. The summed E-state index contributed by atoms with van der Waals surface area (Å²) in [6, 6.07) is 11.6. The molecule has 7 heteroatoms. The third-order valence-electron chi connectivity index (χ3n) is 4.65. The van der Waals surface area contributed by atoms with Crippen LogP contribution in [-0.4, -0.2) is 36.7 Å². The highest BCUT2D eigenvalue weighted by molar-refractivity contribution is 7.89. The quantitative estimate of drug-likeness (QED) is 0.873. The summed E-state index contributed by atoms with van der Waals surface area (Å²) < 4.78 is 26.9. The Morgan fingerprint density at radius 1 is 1.15 bits per heavy atom. The maximum Gasteiger partial charge on any atom is 0.251 e. The Kier molecular flexibility index (Phi) is 5.68. The van der Waals surface area contributed by atoms with Crippen LogP contribution in [0.5, 0.6) is 0 Å². The van der Waals surface area contributed by atoms with Crippen molar-refractivity contribution in [1.82, 2.24) is 14.6 Å². The van der Waals surface area contributed by atoms with Crippen molar-refractivity contribution in [2.24, 2.45) is 5.92 Å². The molecule has 1 aliphatic rings. The highest BCUT2D eigenvalue weighted by Gasteiger charge is 2.28. The van der Waals surface area contributed by atoms with Gasteiger partial charge in [-0.3, -0.25) is 9.78 Å². The molecule has 2 aromatic rings. The predicted molar refractivity (Wildman–Crippen MR) is 99.0 cm³/mol. The molecular weight excluding hydrogens is 350 g/mol. The van der Waals surface area contributed by atoms with Gasteiger partial charge in [-0.25, -0.2) is 8.42 Å². The maximum absolute atomic E-state index is 12.7. The van der Waals surface area contributed by atoms with Crippen molar-refractivity contribution in [2.75, 3.05) is 13.1 Å². The Morgan fingerprint density at radius 3 is 2.46 bits per heavy atom. The van der Waals surface area contributed by atoms with Crippen molar-refractivity contribution in [1.29, 1.82) is 0 Å². The second kappa shape index (κ2) is 7.97. The van der Waals surface area contributed by atoms with E-state index < -0.39 is 10.0 Å². The average molecular weight is 373 g/mol. The summed E-state index contributed by atoms with van der Waals surface area (Å²) in [5, 5.41) is 2.78. The van der Waals surface area contributed by atoms with E-state index in [1.165, 1.54) is 16.4 Å². The van der Waals surface area contributed by atoms with Gasteiger partial charge in [-0.15, -0.1) is 0 Å². The van der Waals surface area contributed by atoms with Crippen molar-refractivity contribution in [3.8, 4) is 0 Å². The summed E-state index contributed by atoms with van der Waals surface area (Å²) in [6.07, 6.45) is 3.43. The Labute approximate surface area is 154 Å². The van der Waals surface area contributed by atoms with E-state index in [2.05, 4.69) is 17.2 Å². The molecule has 3 rings (SSSR count). The van der Waals surface area contributed by atoms with E-state index in [0.29, 0.717) is 31.1 Å². The van der Waals surface area contributed by atoms with Gasteiger partial charge >= 0.3 is 0 Å². The fraction of sp³-hybridized carbons (Fsp3) is 0.368. The number of sulfonamides is 1. The molecule has 2 heterocycles. The first-order chi connectivity index (χ1) is 12.5. The lowest BCUT2D eigenvalue weighted by atomic mass is 10.0. The summed E-state index contributed by atoms with van der Waals surface area (Å²) >= 11 is 0. The van der Waals surface area contributed by atoms with Crippen LogP contribution in [0.1, 0.15) is 35.8 Å². The third kappa shape index (κ3) is 4.28. The molecule has 0 radical (unpaired) electrons. The predicted octanol–water partition coefficient (Wildman–Crippen LogP) is 2.43. The third-order valence-corrected chi connectivity index (χ3v) is 6.57. The fourth-order valence-electron chi connectivity index (χ4n) is 2.93. The van der Waals surface area contributed by atoms with Crippen LogP contribution in [-0.2, 0) is 16.6 Å². The molecule has 1 aliphatic heterocycles. The maximum atomic E-state index is 12.7. The number of rotatable bonds is 5. The van der Waals surface area contributed by atoms with Crippen LogP contribution in [0.3, 0.4) is 0 Å². The molecular formula is C19H23N3O3S. The second-order valence-corrected chi connectivity index (χ2v) is 8.55. The van der Waals surface area contributed by atoms with Gasteiger partial charge in [0.15, 0.2) is 0 Å². The second-order valence-electron chi connectivity index (χ2n) is 6.61. The van der Waals surface area contributed by atoms with E-state index in [-0.39, 0.29) is 10.8 Å². The number of carbonyl (C=O) groups is 1. The molecule has 0 atom stereocenters. The minimum atomic E-state index is -3.49. The number of hydrogen-bond donors (Lipinski definition) is 1. The van der Waals surface area contributed by atoms with Gasteiger partial charge in [-0.05, 0) is 55.2 Å². The molecule has 1 saturated heterocycles. The van der Waals surface area contributed by atoms with Crippen molar-refractivity contribution in [3.63, 3.8) is 0 Å². The van der Waals surface area contributed by atoms with E-state index in [4.69, 9.17) is 0 Å². The smallest absolute Gasteiger partial charge is 0.251 e. The van der Waals surface area contributed by atoms with Gasteiger partial charge in [-0.2, -0.15) is 4.31 Å². The lowest BCUT2D eigenvalue weighted by Crippen LogP contribution is -2.37. The molecule has 1 aromatic carbocycles. The zero-order valence-electron chi connectivity index (χ0n) is 14.8. The van der Waals surface area contributed by atoms with Gasteiger partial charge < -0.3 is 5.32 Å². The molecule has 0 spiro atoms. The van der Waals surface area contributed by atoms with Gasteiger partial charge in [0.1, 0.15) is 0 Å². The molecule has 1 aromatic heterocycles. The molecule has 0 aliphatic carbocycles. The van der Waals surface area contributed by atoms with Crippen molar-refractivity contribution in [2.45, 2.75) is 31.2 Å². The van der Waals surface area contributed by atoms with Crippen LogP contribution in [0, 0.1) is 5.92 Å². The van der Waals surface area contributed by atoms with Crippen molar-refractivity contribution < 1.29 is 13.2 Å². The van der Waals surface area contributed by atoms with Crippen molar-refractivity contribution >= 4 is 15.9 Å². The number of nitrogens with zero attached hydrogens (tertiary/aromatic N) is 2. The minimum absolute atomic E-state index is 0.230. The molecule has 26 heavy (non-hydrogen) atoms. The number of amides is 1. The SMILES string of the molecule is CC1CCN(S(=O)(=O)c2ccc(C(=O)NCc3ccccn3)cc2)CC1. The fourth-order valence-corrected chi connectivity index (χ4v) is 4.40. The average Bonchev–Trinajstić information content (AvgIpc) is 2.67. The summed E-state index contributed by atoms with van der Waals surface area (Å²) in [6.45, 7) is 3.57. The van der Waals surface area contributed by atoms with E-state index in [1.54, 1.807) is 18.3 Å². The summed E-state index contributed by atoms with van der Waals surface area (Å²) in [7, 11) is -3.49. The zero-order chi connectivity index (χ0) is 18.6. The number of benzene rings is 1. The van der Waals surface area contributed by atoms with E-state index in [1.807, 2.05) is 18.2 Å². The number of carbonyl (C=O) groups excluding carboxylic acids is 1. The Hall–Kier alpha value is -2.25. The number of nitrogens with one attached hydrogen (secondary N) is 1. The van der Waals surface area contributed by atoms with Gasteiger partial charge in [0.2, 0.25) is 10.0 Å². The Morgan fingerprint density at radius 2 is 1.85 bits per heavy atom. The Balaban J connectivity index is 1.65.